The first-order valence-corrected chi connectivity index (χ1v) is 15.3. The number of benzene rings is 2. The predicted molar refractivity (Wildman–Crippen MR) is 166 cm³/mol. The molecule has 2 aromatic carbocycles. The number of carbonyl (C=O) groups excluding carboxylic acids is 1. The van der Waals surface area contributed by atoms with Gasteiger partial charge in [-0.25, -0.2) is 4.79 Å². The van der Waals surface area contributed by atoms with Gasteiger partial charge in [0.15, 0.2) is 0 Å². The number of azo groups is 1. The molecule has 0 bridgehead atoms. The molecular formula is C34H50N2O5. The van der Waals surface area contributed by atoms with Gasteiger partial charge >= 0.3 is 5.97 Å². The van der Waals surface area contributed by atoms with Crippen LogP contribution in [0.15, 0.2) is 70.9 Å². The first kappa shape index (κ1) is 34.2. The summed E-state index contributed by atoms with van der Waals surface area (Å²) >= 11 is 0. The van der Waals surface area contributed by atoms with Crippen LogP contribution in [-0.2, 0) is 25.4 Å². The van der Waals surface area contributed by atoms with Crippen molar-refractivity contribution in [3.05, 3.63) is 66.2 Å². The summed E-state index contributed by atoms with van der Waals surface area (Å²) in [4.78, 5) is 11.2. The minimum absolute atomic E-state index is 0.204. The molecule has 0 radical (unpaired) electrons. The number of rotatable bonds is 24. The zero-order valence-electron chi connectivity index (χ0n) is 25.3. The molecule has 0 unspecified atom stereocenters. The summed E-state index contributed by atoms with van der Waals surface area (Å²) in [6.07, 6.45) is 14.8. The predicted octanol–water partition coefficient (Wildman–Crippen LogP) is 9.10. The molecule has 0 saturated heterocycles. The van der Waals surface area contributed by atoms with Crippen LogP contribution in [0.1, 0.15) is 83.6 Å². The van der Waals surface area contributed by atoms with Gasteiger partial charge in [0.2, 0.25) is 0 Å². The molecule has 0 aromatic heterocycles. The maximum absolute atomic E-state index is 11.2. The fourth-order valence-corrected chi connectivity index (χ4v) is 4.13. The molecule has 2 rings (SSSR count). The summed E-state index contributed by atoms with van der Waals surface area (Å²) in [7, 11) is 0. The van der Waals surface area contributed by atoms with E-state index >= 15 is 0 Å². The van der Waals surface area contributed by atoms with Crippen molar-refractivity contribution >= 4 is 17.3 Å². The van der Waals surface area contributed by atoms with Crippen LogP contribution >= 0.6 is 0 Å². The maximum atomic E-state index is 11.2. The van der Waals surface area contributed by atoms with Gasteiger partial charge in [-0.1, -0.05) is 83.4 Å². The van der Waals surface area contributed by atoms with Gasteiger partial charge in [0.25, 0.3) is 0 Å². The molecule has 0 atom stereocenters. The average molecular weight is 567 g/mol. The van der Waals surface area contributed by atoms with E-state index in [1.165, 1.54) is 69.8 Å². The Balaban J connectivity index is 1.51. The second-order valence-electron chi connectivity index (χ2n) is 10.3. The maximum Gasteiger partial charge on any atom is 0.333 e. The van der Waals surface area contributed by atoms with Crippen molar-refractivity contribution in [2.75, 3.05) is 39.6 Å². The lowest BCUT2D eigenvalue weighted by Crippen LogP contribution is -2.14. The molecule has 0 aliphatic rings. The Kier molecular flexibility index (Phi) is 18.9. The van der Waals surface area contributed by atoms with Gasteiger partial charge in [-0.2, -0.15) is 10.2 Å². The number of unbranched alkanes of at least 4 members (excludes halogenated alkanes) is 9. The lowest BCUT2D eigenvalue weighted by Gasteiger charge is -2.08. The van der Waals surface area contributed by atoms with E-state index in [1.807, 2.05) is 36.4 Å². The lowest BCUT2D eigenvalue weighted by molar-refractivity contribution is -0.140. The van der Waals surface area contributed by atoms with E-state index in [9.17, 15) is 4.79 Å². The highest BCUT2D eigenvalue weighted by molar-refractivity contribution is 5.86. The molecule has 2 aromatic rings. The third-order valence-electron chi connectivity index (χ3n) is 6.55. The smallest absolute Gasteiger partial charge is 0.333 e. The third-order valence-corrected chi connectivity index (χ3v) is 6.55. The zero-order chi connectivity index (χ0) is 29.4. The fraction of sp³-hybridized carbons (Fsp3) is 0.559. The highest BCUT2D eigenvalue weighted by Crippen LogP contribution is 2.22. The minimum atomic E-state index is -0.405. The zero-order valence-corrected chi connectivity index (χ0v) is 25.3. The monoisotopic (exact) mass is 566 g/mol. The number of aryl methyl sites for hydroxylation is 1. The van der Waals surface area contributed by atoms with Gasteiger partial charge in [-0.15, -0.1) is 0 Å². The molecule has 0 spiro atoms. The summed E-state index contributed by atoms with van der Waals surface area (Å²) < 4.78 is 21.5. The van der Waals surface area contributed by atoms with Crippen molar-refractivity contribution in [3.8, 4) is 5.75 Å². The molecule has 0 saturated carbocycles. The van der Waals surface area contributed by atoms with E-state index in [-0.39, 0.29) is 6.61 Å². The topological polar surface area (TPSA) is 78.7 Å². The van der Waals surface area contributed by atoms with E-state index in [0.717, 1.165) is 23.5 Å². The fourth-order valence-electron chi connectivity index (χ4n) is 4.13. The molecule has 0 aliphatic carbocycles. The average Bonchev–Trinajstić information content (AvgIpc) is 2.99. The molecule has 0 fully saturated rings. The first-order valence-electron chi connectivity index (χ1n) is 15.3. The van der Waals surface area contributed by atoms with Gasteiger partial charge in [-0.3, -0.25) is 0 Å². The van der Waals surface area contributed by atoms with Crippen molar-refractivity contribution in [1.82, 2.24) is 0 Å². The van der Waals surface area contributed by atoms with Crippen LogP contribution in [0.3, 0.4) is 0 Å². The van der Waals surface area contributed by atoms with E-state index in [2.05, 4.69) is 35.9 Å². The Labute approximate surface area is 247 Å². The molecule has 0 heterocycles. The highest BCUT2D eigenvalue weighted by Gasteiger charge is 2.02. The molecule has 7 heteroatoms. The summed E-state index contributed by atoms with van der Waals surface area (Å²) in [5.41, 5.74) is 3.37. The normalized spacial score (nSPS) is 11.2. The Morgan fingerprint density at radius 1 is 0.659 bits per heavy atom. The quantitative estimate of drug-likeness (QED) is 0.0548. The summed E-state index contributed by atoms with van der Waals surface area (Å²) in [5.74, 6) is 0.345. The van der Waals surface area contributed by atoms with E-state index < -0.39 is 5.97 Å². The van der Waals surface area contributed by atoms with Crippen LogP contribution in [0.25, 0.3) is 0 Å². The SMILES string of the molecule is C=C(C)C(=O)OCCOCCOCCOc1ccc(N=Nc2ccc(CCCCCCCCCCCC)cc2)cc1. The van der Waals surface area contributed by atoms with Crippen LogP contribution in [0.2, 0.25) is 0 Å². The van der Waals surface area contributed by atoms with Gasteiger partial charge in [-0.05, 0) is 61.7 Å². The molecular weight excluding hydrogens is 516 g/mol. The van der Waals surface area contributed by atoms with Crippen LogP contribution in [-0.4, -0.2) is 45.6 Å². The molecule has 0 aliphatic heterocycles. The van der Waals surface area contributed by atoms with Gasteiger partial charge in [0.05, 0.1) is 37.8 Å². The van der Waals surface area contributed by atoms with Gasteiger partial charge in [0.1, 0.15) is 19.0 Å². The van der Waals surface area contributed by atoms with E-state index in [4.69, 9.17) is 18.9 Å². The number of esters is 1. The number of hydrogen-bond acceptors (Lipinski definition) is 7. The van der Waals surface area contributed by atoms with Crippen molar-refractivity contribution in [2.24, 2.45) is 10.2 Å². The summed E-state index contributed by atoms with van der Waals surface area (Å²) in [6.45, 7) is 9.68. The Morgan fingerprint density at radius 2 is 1.15 bits per heavy atom. The second-order valence-corrected chi connectivity index (χ2v) is 10.3. The molecule has 0 N–H and O–H groups in total. The highest BCUT2D eigenvalue weighted by atomic mass is 16.6. The molecule has 7 nitrogen and oxygen atoms in total. The largest absolute Gasteiger partial charge is 0.491 e. The van der Waals surface area contributed by atoms with E-state index in [0.29, 0.717) is 38.6 Å². The second kappa shape index (κ2) is 22.6. The first-order chi connectivity index (χ1) is 20.1. The van der Waals surface area contributed by atoms with Crippen LogP contribution in [0.4, 0.5) is 11.4 Å². The minimum Gasteiger partial charge on any atom is -0.491 e. The van der Waals surface area contributed by atoms with Crippen molar-refractivity contribution < 1.29 is 23.7 Å². The van der Waals surface area contributed by atoms with E-state index in [1.54, 1.807) is 6.92 Å². The van der Waals surface area contributed by atoms with Crippen molar-refractivity contribution in [2.45, 2.75) is 84.5 Å². The number of hydrogen-bond donors (Lipinski definition) is 0. The number of carbonyl (C=O) groups is 1. The number of ether oxygens (including phenoxy) is 4. The third kappa shape index (κ3) is 17.4. The number of nitrogens with zero attached hydrogens (tertiary/aromatic N) is 2. The standard InChI is InChI=1S/C34H50N2O5/c1-4-5-6-7-8-9-10-11-12-13-14-30-15-17-31(18-16-30)35-36-32-19-21-33(22-20-32)40-27-25-38-23-24-39-26-28-41-34(37)29(2)3/h15-22H,2,4-14,23-28H2,1,3H3. The Bertz CT molecular complexity index is 989. The van der Waals surface area contributed by atoms with Crippen molar-refractivity contribution in [1.29, 1.82) is 0 Å². The molecule has 41 heavy (non-hydrogen) atoms. The van der Waals surface area contributed by atoms with Crippen molar-refractivity contribution in [3.63, 3.8) is 0 Å². The van der Waals surface area contributed by atoms with Crippen LogP contribution in [0, 0.1) is 0 Å². The summed E-state index contributed by atoms with van der Waals surface area (Å²) in [5, 5.41) is 8.71. The molecule has 0 amide bonds. The Hall–Kier alpha value is -3.03. The van der Waals surface area contributed by atoms with Crippen LogP contribution < -0.4 is 4.74 Å². The molecule has 226 valence electrons. The lowest BCUT2D eigenvalue weighted by atomic mass is 10.0. The Morgan fingerprint density at radius 3 is 1.71 bits per heavy atom. The van der Waals surface area contributed by atoms with Gasteiger partial charge in [0, 0.05) is 5.57 Å². The van der Waals surface area contributed by atoms with Crippen LogP contribution in [0.5, 0.6) is 5.75 Å². The van der Waals surface area contributed by atoms with Gasteiger partial charge < -0.3 is 18.9 Å². The summed E-state index contributed by atoms with van der Waals surface area (Å²) in [6, 6.07) is 15.9.